The summed E-state index contributed by atoms with van der Waals surface area (Å²) in [4.78, 5) is 0. The smallest absolute Gasteiger partial charge is 0.0662 e. The molecule has 1 N–H and O–H groups in total. The second kappa shape index (κ2) is 7.22. The van der Waals surface area contributed by atoms with Gasteiger partial charge in [-0.2, -0.15) is 5.10 Å². The highest BCUT2D eigenvalue weighted by Crippen LogP contribution is 2.15. The van der Waals surface area contributed by atoms with Crippen LogP contribution in [-0.4, -0.2) is 16.3 Å². The van der Waals surface area contributed by atoms with E-state index >= 15 is 0 Å². The predicted molar refractivity (Wildman–Crippen MR) is 92.0 cm³/mol. The molecule has 3 nitrogen and oxygen atoms in total. The first-order valence-corrected chi connectivity index (χ1v) is 8.17. The maximum absolute atomic E-state index is 4.68. The minimum Gasteiger partial charge on any atom is -0.313 e. The summed E-state index contributed by atoms with van der Waals surface area (Å²) < 4.78 is 3.38. The third kappa shape index (κ3) is 3.82. The first-order valence-electron chi connectivity index (χ1n) is 7.10. The highest BCUT2D eigenvalue weighted by atomic mass is 127. The van der Waals surface area contributed by atoms with Gasteiger partial charge in [-0.1, -0.05) is 19.1 Å². The molecule has 0 radical (unpaired) electrons. The number of hydrogen-bond donors (Lipinski definition) is 1. The average Bonchev–Trinajstić information content (AvgIpc) is 2.69. The molecule has 2 rings (SSSR count). The largest absolute Gasteiger partial charge is 0.313 e. The molecule has 1 aromatic heterocycles. The summed E-state index contributed by atoms with van der Waals surface area (Å²) in [5.74, 6) is 0. The van der Waals surface area contributed by atoms with Gasteiger partial charge in [-0.25, -0.2) is 0 Å². The van der Waals surface area contributed by atoms with E-state index in [-0.39, 0.29) is 0 Å². The Labute approximate surface area is 134 Å². The zero-order valence-electron chi connectivity index (χ0n) is 12.4. The third-order valence-electron chi connectivity index (χ3n) is 3.51. The fourth-order valence-corrected chi connectivity index (χ4v) is 2.66. The number of nitrogens with zero attached hydrogens (tertiary/aromatic N) is 2. The minimum absolute atomic E-state index is 0.845. The summed E-state index contributed by atoms with van der Waals surface area (Å²) in [5.41, 5.74) is 5.04. The van der Waals surface area contributed by atoms with Crippen LogP contribution in [-0.2, 0) is 13.1 Å². The average molecular weight is 383 g/mol. The molecule has 0 saturated heterocycles. The molecule has 0 amide bonds. The molecule has 0 spiro atoms. The van der Waals surface area contributed by atoms with Crippen molar-refractivity contribution >= 4 is 22.6 Å². The molecule has 2 aromatic rings. The Hall–Kier alpha value is -0.880. The lowest BCUT2D eigenvalue weighted by atomic mass is 10.2. The lowest BCUT2D eigenvalue weighted by molar-refractivity contribution is 0.650. The van der Waals surface area contributed by atoms with Crippen LogP contribution in [0.2, 0.25) is 0 Å². The van der Waals surface area contributed by atoms with Gasteiger partial charge in [-0.3, -0.25) is 4.68 Å². The van der Waals surface area contributed by atoms with E-state index in [0.29, 0.717) is 0 Å². The van der Waals surface area contributed by atoms with Crippen LogP contribution >= 0.6 is 22.6 Å². The molecule has 4 heteroatoms. The van der Waals surface area contributed by atoms with Crippen molar-refractivity contribution in [2.24, 2.45) is 0 Å². The van der Waals surface area contributed by atoms with Crippen molar-refractivity contribution in [3.05, 3.63) is 50.4 Å². The maximum Gasteiger partial charge on any atom is 0.0662 e. The Morgan fingerprint density at radius 2 is 1.90 bits per heavy atom. The molecule has 0 atom stereocenters. The molecular weight excluding hydrogens is 361 g/mol. The minimum atomic E-state index is 0.845. The number of halogens is 1. The molecule has 1 heterocycles. The maximum atomic E-state index is 4.68. The van der Waals surface area contributed by atoms with E-state index in [1.165, 1.54) is 20.4 Å². The fourth-order valence-electron chi connectivity index (χ4n) is 2.30. The van der Waals surface area contributed by atoms with E-state index in [4.69, 9.17) is 0 Å². The highest BCUT2D eigenvalue weighted by molar-refractivity contribution is 14.1. The third-order valence-corrected chi connectivity index (χ3v) is 4.22. The van der Waals surface area contributed by atoms with Gasteiger partial charge in [0.15, 0.2) is 0 Å². The van der Waals surface area contributed by atoms with E-state index in [0.717, 1.165) is 31.7 Å². The SMILES string of the molecule is CCCNCc1c(C)nn(Cc2ccc(I)cc2)c1C. The van der Waals surface area contributed by atoms with Gasteiger partial charge < -0.3 is 5.32 Å². The fraction of sp³-hybridized carbons (Fsp3) is 0.438. The first kappa shape index (κ1) is 15.5. The molecule has 0 aliphatic rings. The Morgan fingerprint density at radius 3 is 2.55 bits per heavy atom. The van der Waals surface area contributed by atoms with Crippen molar-refractivity contribution in [3.8, 4) is 0 Å². The van der Waals surface area contributed by atoms with Crippen molar-refractivity contribution in [2.75, 3.05) is 6.54 Å². The van der Waals surface area contributed by atoms with Crippen LogP contribution < -0.4 is 5.32 Å². The summed E-state index contributed by atoms with van der Waals surface area (Å²) in [6.07, 6.45) is 1.16. The zero-order valence-corrected chi connectivity index (χ0v) is 14.6. The van der Waals surface area contributed by atoms with E-state index in [2.05, 4.69) is 82.7 Å². The lowest BCUT2D eigenvalue weighted by Crippen LogP contribution is -2.15. The molecule has 0 aliphatic heterocycles. The second-order valence-corrected chi connectivity index (χ2v) is 6.36. The van der Waals surface area contributed by atoms with Crippen LogP contribution in [0.15, 0.2) is 24.3 Å². The molecule has 20 heavy (non-hydrogen) atoms. The molecule has 0 aliphatic carbocycles. The number of aryl methyl sites for hydroxylation is 1. The molecule has 0 fully saturated rings. The Bertz CT molecular complexity index is 558. The van der Waals surface area contributed by atoms with Gasteiger partial charge in [0, 0.05) is 21.4 Å². The highest BCUT2D eigenvalue weighted by Gasteiger charge is 2.11. The molecule has 0 saturated carbocycles. The number of aromatic nitrogens is 2. The van der Waals surface area contributed by atoms with Crippen LogP contribution in [0.4, 0.5) is 0 Å². The van der Waals surface area contributed by atoms with Crippen molar-refractivity contribution in [1.29, 1.82) is 0 Å². The second-order valence-electron chi connectivity index (χ2n) is 5.11. The van der Waals surface area contributed by atoms with Gasteiger partial charge in [0.1, 0.15) is 0 Å². The molecule has 0 unspecified atom stereocenters. The Balaban J connectivity index is 2.12. The standard InChI is InChI=1S/C16H22IN3/c1-4-9-18-10-16-12(2)19-20(13(16)3)11-14-5-7-15(17)8-6-14/h5-8,18H,4,9-11H2,1-3H3. The van der Waals surface area contributed by atoms with E-state index in [1.54, 1.807) is 0 Å². The van der Waals surface area contributed by atoms with E-state index < -0.39 is 0 Å². The predicted octanol–water partition coefficient (Wildman–Crippen LogP) is 3.65. The van der Waals surface area contributed by atoms with Crippen LogP contribution in [0.1, 0.15) is 35.9 Å². The number of nitrogens with one attached hydrogen (secondary N) is 1. The summed E-state index contributed by atoms with van der Waals surface area (Å²) >= 11 is 2.33. The number of rotatable bonds is 6. The molecule has 0 bridgehead atoms. The zero-order chi connectivity index (χ0) is 14.5. The number of hydrogen-bond acceptors (Lipinski definition) is 2. The molecular formula is C16H22IN3. The Morgan fingerprint density at radius 1 is 1.20 bits per heavy atom. The van der Waals surface area contributed by atoms with Crippen LogP contribution in [0.25, 0.3) is 0 Å². The van der Waals surface area contributed by atoms with E-state index in [9.17, 15) is 0 Å². The van der Waals surface area contributed by atoms with Gasteiger partial charge in [-0.05, 0) is 67.1 Å². The first-order chi connectivity index (χ1) is 9.61. The van der Waals surface area contributed by atoms with Gasteiger partial charge in [-0.15, -0.1) is 0 Å². The quantitative estimate of drug-likeness (QED) is 0.610. The lowest BCUT2D eigenvalue weighted by Gasteiger charge is -2.07. The molecule has 108 valence electrons. The summed E-state index contributed by atoms with van der Waals surface area (Å²) in [6.45, 7) is 9.26. The van der Waals surface area contributed by atoms with Gasteiger partial charge in [0.25, 0.3) is 0 Å². The number of benzene rings is 1. The van der Waals surface area contributed by atoms with Crippen molar-refractivity contribution in [3.63, 3.8) is 0 Å². The summed E-state index contributed by atoms with van der Waals surface area (Å²) in [7, 11) is 0. The van der Waals surface area contributed by atoms with Gasteiger partial charge in [0.05, 0.1) is 12.2 Å². The Kier molecular flexibility index (Phi) is 5.60. The van der Waals surface area contributed by atoms with Gasteiger partial charge >= 0.3 is 0 Å². The van der Waals surface area contributed by atoms with Crippen LogP contribution in [0, 0.1) is 17.4 Å². The van der Waals surface area contributed by atoms with Gasteiger partial charge in [0.2, 0.25) is 0 Å². The van der Waals surface area contributed by atoms with Crippen molar-refractivity contribution in [2.45, 2.75) is 40.3 Å². The van der Waals surface area contributed by atoms with E-state index in [1.807, 2.05) is 0 Å². The summed E-state index contributed by atoms with van der Waals surface area (Å²) in [5, 5.41) is 8.14. The van der Waals surface area contributed by atoms with Crippen LogP contribution in [0.3, 0.4) is 0 Å². The summed E-state index contributed by atoms with van der Waals surface area (Å²) in [6, 6.07) is 8.64. The topological polar surface area (TPSA) is 29.9 Å². The van der Waals surface area contributed by atoms with Crippen molar-refractivity contribution < 1.29 is 0 Å². The normalized spacial score (nSPS) is 11.0. The molecule has 1 aromatic carbocycles. The van der Waals surface area contributed by atoms with Crippen molar-refractivity contribution in [1.82, 2.24) is 15.1 Å². The monoisotopic (exact) mass is 383 g/mol. The van der Waals surface area contributed by atoms with Crippen LogP contribution in [0.5, 0.6) is 0 Å².